The summed E-state index contributed by atoms with van der Waals surface area (Å²) in [6.07, 6.45) is 4.66. The lowest BCUT2D eigenvalue weighted by Gasteiger charge is -2.27. The SMILES string of the molecule is CC(C)[C@H]1NC(=O)[C@@H](Cc2ccc(Cl)cc2)NCCOc2ccccc2CCCNC(=O)[C@H](CC2CC2)NC1=O. The molecule has 1 aliphatic heterocycles. The van der Waals surface area contributed by atoms with Gasteiger partial charge in [0.25, 0.3) is 0 Å². The third-order valence-corrected chi connectivity index (χ3v) is 7.71. The largest absolute Gasteiger partial charge is 0.492 e. The lowest BCUT2D eigenvalue weighted by atomic mass is 10.00. The first-order chi connectivity index (χ1) is 19.3. The molecule has 0 spiro atoms. The average molecular weight is 569 g/mol. The Labute approximate surface area is 242 Å². The molecule has 0 bridgehead atoms. The van der Waals surface area contributed by atoms with E-state index in [-0.39, 0.29) is 23.6 Å². The molecular formula is C31H41ClN4O4. The number of halogens is 1. The topological polar surface area (TPSA) is 109 Å². The van der Waals surface area contributed by atoms with Gasteiger partial charge in [0.05, 0.1) is 6.04 Å². The zero-order valence-corrected chi connectivity index (χ0v) is 24.1. The highest BCUT2D eigenvalue weighted by atomic mass is 35.5. The second-order valence-electron chi connectivity index (χ2n) is 11.2. The van der Waals surface area contributed by atoms with Crippen LogP contribution < -0.4 is 26.0 Å². The van der Waals surface area contributed by atoms with Crippen LogP contribution in [0.15, 0.2) is 48.5 Å². The van der Waals surface area contributed by atoms with E-state index in [4.69, 9.17) is 16.3 Å². The van der Waals surface area contributed by atoms with E-state index in [0.717, 1.165) is 42.6 Å². The molecule has 4 rings (SSSR count). The zero-order valence-electron chi connectivity index (χ0n) is 23.4. The van der Waals surface area contributed by atoms with Crippen molar-refractivity contribution in [1.29, 1.82) is 0 Å². The van der Waals surface area contributed by atoms with Crippen molar-refractivity contribution in [2.45, 2.75) is 70.5 Å². The van der Waals surface area contributed by atoms with Crippen LogP contribution in [0, 0.1) is 11.8 Å². The van der Waals surface area contributed by atoms with Crippen LogP contribution in [0.2, 0.25) is 5.02 Å². The molecule has 4 N–H and O–H groups in total. The van der Waals surface area contributed by atoms with E-state index in [9.17, 15) is 14.4 Å². The second kappa shape index (κ2) is 14.5. The molecule has 9 heteroatoms. The van der Waals surface area contributed by atoms with Crippen molar-refractivity contribution in [3.63, 3.8) is 0 Å². The Hall–Kier alpha value is -3.10. The first kappa shape index (κ1) is 29.9. The van der Waals surface area contributed by atoms with Crippen molar-refractivity contribution in [3.8, 4) is 5.75 Å². The van der Waals surface area contributed by atoms with Gasteiger partial charge >= 0.3 is 0 Å². The fourth-order valence-electron chi connectivity index (χ4n) is 4.94. The van der Waals surface area contributed by atoms with Crippen molar-refractivity contribution < 1.29 is 19.1 Å². The first-order valence-electron chi connectivity index (χ1n) is 14.4. The Balaban J connectivity index is 1.55. The Morgan fingerprint density at radius 2 is 1.65 bits per heavy atom. The van der Waals surface area contributed by atoms with Crippen LogP contribution in [0.1, 0.15) is 50.7 Å². The van der Waals surface area contributed by atoms with Gasteiger partial charge in [-0.1, -0.05) is 68.6 Å². The fraction of sp³-hybridized carbons (Fsp3) is 0.516. The maximum Gasteiger partial charge on any atom is 0.243 e. The number of rotatable bonds is 5. The number of hydrogen-bond donors (Lipinski definition) is 4. The molecule has 3 atom stereocenters. The summed E-state index contributed by atoms with van der Waals surface area (Å²) in [5.74, 6) is 0.269. The van der Waals surface area contributed by atoms with Crippen LogP contribution in [0.25, 0.3) is 0 Å². The number of fused-ring (bicyclic) bond motifs is 1. The van der Waals surface area contributed by atoms with Crippen LogP contribution in [-0.4, -0.2) is 55.5 Å². The highest BCUT2D eigenvalue weighted by molar-refractivity contribution is 6.30. The van der Waals surface area contributed by atoms with Crippen molar-refractivity contribution in [3.05, 3.63) is 64.7 Å². The molecule has 1 fully saturated rings. The number of para-hydroxylation sites is 1. The van der Waals surface area contributed by atoms with Gasteiger partial charge in [-0.2, -0.15) is 0 Å². The van der Waals surface area contributed by atoms with Crippen LogP contribution >= 0.6 is 11.6 Å². The van der Waals surface area contributed by atoms with Crippen LogP contribution in [0.3, 0.4) is 0 Å². The van der Waals surface area contributed by atoms with E-state index in [1.807, 2.05) is 50.2 Å². The highest BCUT2D eigenvalue weighted by Crippen LogP contribution is 2.33. The summed E-state index contributed by atoms with van der Waals surface area (Å²) in [4.78, 5) is 40.1. The molecule has 0 radical (unpaired) electrons. The van der Waals surface area contributed by atoms with Gasteiger partial charge in [-0.15, -0.1) is 0 Å². The van der Waals surface area contributed by atoms with E-state index in [2.05, 4.69) is 21.3 Å². The number of carbonyl (C=O) groups is 3. The normalized spacial score (nSPS) is 23.6. The molecule has 216 valence electrons. The maximum atomic E-state index is 13.6. The van der Waals surface area contributed by atoms with Crippen molar-refractivity contribution in [2.75, 3.05) is 19.7 Å². The molecule has 0 aromatic heterocycles. The minimum absolute atomic E-state index is 0.171. The van der Waals surface area contributed by atoms with Crippen molar-refractivity contribution >= 4 is 29.3 Å². The quantitative estimate of drug-likeness (QED) is 0.442. The van der Waals surface area contributed by atoms with E-state index >= 15 is 0 Å². The van der Waals surface area contributed by atoms with Gasteiger partial charge in [0, 0.05) is 18.1 Å². The molecule has 0 saturated heterocycles. The number of amides is 3. The summed E-state index contributed by atoms with van der Waals surface area (Å²) < 4.78 is 6.08. The zero-order chi connectivity index (χ0) is 28.5. The van der Waals surface area contributed by atoms with E-state index in [1.54, 1.807) is 12.1 Å². The predicted molar refractivity (Wildman–Crippen MR) is 156 cm³/mol. The third kappa shape index (κ3) is 8.96. The van der Waals surface area contributed by atoms with Crippen LogP contribution in [0.4, 0.5) is 0 Å². The van der Waals surface area contributed by atoms with Crippen LogP contribution in [-0.2, 0) is 27.2 Å². The maximum absolute atomic E-state index is 13.6. The third-order valence-electron chi connectivity index (χ3n) is 7.46. The summed E-state index contributed by atoms with van der Waals surface area (Å²) in [7, 11) is 0. The predicted octanol–water partition coefficient (Wildman–Crippen LogP) is 3.41. The number of nitrogens with one attached hydrogen (secondary N) is 4. The summed E-state index contributed by atoms with van der Waals surface area (Å²) in [5, 5.41) is 12.9. The van der Waals surface area contributed by atoms with E-state index in [1.165, 1.54) is 0 Å². The molecule has 0 unspecified atom stereocenters. The lowest BCUT2D eigenvalue weighted by molar-refractivity contribution is -0.133. The molecular weight excluding hydrogens is 528 g/mol. The lowest BCUT2D eigenvalue weighted by Crippen LogP contribution is -2.58. The molecule has 8 nitrogen and oxygen atoms in total. The van der Waals surface area contributed by atoms with Gasteiger partial charge in [-0.05, 0) is 66.8 Å². The molecule has 2 aliphatic rings. The molecule has 2 aromatic carbocycles. The molecule has 1 saturated carbocycles. The number of aryl methyl sites for hydroxylation is 1. The molecule has 40 heavy (non-hydrogen) atoms. The Bertz CT molecular complexity index is 1150. The van der Waals surface area contributed by atoms with Gasteiger partial charge in [0.2, 0.25) is 17.7 Å². The standard InChI is InChI=1S/C31H41ClN4O4/c1-20(2)28-31(39)35-26(19-21-9-10-21)29(37)34-15-5-7-23-6-3-4-8-27(23)40-17-16-33-25(30(38)36-28)18-22-11-13-24(32)14-12-22/h3-4,6,8,11-14,20-21,25-26,28,33H,5,7,9-10,15-19H2,1-2H3,(H,34,37)(H,35,39)(H,36,38)/t25-,26+,28-/m1/s1. The van der Waals surface area contributed by atoms with Crippen LogP contribution in [0.5, 0.6) is 5.75 Å². The molecule has 1 aliphatic carbocycles. The van der Waals surface area contributed by atoms with Gasteiger partial charge < -0.3 is 26.0 Å². The minimum atomic E-state index is -0.779. The Morgan fingerprint density at radius 1 is 0.900 bits per heavy atom. The van der Waals surface area contributed by atoms with Gasteiger partial charge in [0.1, 0.15) is 24.4 Å². The van der Waals surface area contributed by atoms with E-state index in [0.29, 0.717) is 43.5 Å². The average Bonchev–Trinajstić information content (AvgIpc) is 3.76. The van der Waals surface area contributed by atoms with Gasteiger partial charge in [-0.25, -0.2) is 0 Å². The number of carbonyl (C=O) groups excluding carboxylic acids is 3. The number of benzene rings is 2. The number of hydrogen-bond acceptors (Lipinski definition) is 5. The first-order valence-corrected chi connectivity index (χ1v) is 14.7. The monoisotopic (exact) mass is 568 g/mol. The fourth-order valence-corrected chi connectivity index (χ4v) is 5.07. The highest BCUT2D eigenvalue weighted by Gasteiger charge is 2.34. The second-order valence-corrected chi connectivity index (χ2v) is 11.6. The Kier molecular flexibility index (Phi) is 10.8. The Morgan fingerprint density at radius 3 is 2.38 bits per heavy atom. The summed E-state index contributed by atoms with van der Waals surface area (Å²) in [5.41, 5.74) is 2.01. The van der Waals surface area contributed by atoms with Gasteiger partial charge in [-0.3, -0.25) is 14.4 Å². The summed E-state index contributed by atoms with van der Waals surface area (Å²) in [6.45, 7) is 5.09. The van der Waals surface area contributed by atoms with Crippen molar-refractivity contribution in [1.82, 2.24) is 21.3 Å². The molecule has 3 amide bonds. The minimum Gasteiger partial charge on any atom is -0.492 e. The van der Waals surface area contributed by atoms with E-state index < -0.39 is 18.1 Å². The van der Waals surface area contributed by atoms with Crippen molar-refractivity contribution in [2.24, 2.45) is 11.8 Å². The summed E-state index contributed by atoms with van der Waals surface area (Å²) >= 11 is 6.06. The molecule has 2 aromatic rings. The number of ether oxygens (including phenoxy) is 1. The smallest absolute Gasteiger partial charge is 0.243 e. The van der Waals surface area contributed by atoms with Gasteiger partial charge in [0.15, 0.2) is 0 Å². The summed E-state index contributed by atoms with van der Waals surface area (Å²) in [6, 6.07) is 13.3. The molecule has 1 heterocycles.